The first-order valence-electron chi connectivity index (χ1n) is 8.65. The molecule has 1 aromatic rings. The molecule has 5 heteroatoms. The van der Waals surface area contributed by atoms with Crippen molar-refractivity contribution in [2.75, 3.05) is 26.7 Å². The summed E-state index contributed by atoms with van der Waals surface area (Å²) in [6.45, 7) is 5.50. The van der Waals surface area contributed by atoms with Gasteiger partial charge in [-0.05, 0) is 43.5 Å². The molecule has 1 saturated carbocycles. The maximum absolute atomic E-state index is 11.5. The average molecular weight is 317 g/mol. The van der Waals surface area contributed by atoms with Gasteiger partial charge in [0.25, 0.3) is 5.91 Å². The van der Waals surface area contributed by atoms with Crippen molar-refractivity contribution < 1.29 is 9.53 Å². The van der Waals surface area contributed by atoms with Crippen molar-refractivity contribution >= 4 is 5.91 Å². The fourth-order valence-electron chi connectivity index (χ4n) is 4.75. The molecule has 0 aromatic carbocycles. The maximum atomic E-state index is 11.5. The number of hydrogen-bond acceptors (Lipinski definition) is 4. The van der Waals surface area contributed by atoms with Crippen LogP contribution in [0.1, 0.15) is 48.7 Å². The van der Waals surface area contributed by atoms with Crippen LogP contribution in [0, 0.1) is 11.8 Å². The van der Waals surface area contributed by atoms with E-state index in [0.29, 0.717) is 17.5 Å². The van der Waals surface area contributed by atoms with Gasteiger partial charge in [-0.25, -0.2) is 0 Å². The second kappa shape index (κ2) is 6.57. The van der Waals surface area contributed by atoms with Gasteiger partial charge in [-0.15, -0.1) is 0 Å². The first kappa shape index (κ1) is 16.4. The van der Waals surface area contributed by atoms with Crippen LogP contribution in [0.15, 0.2) is 18.3 Å². The van der Waals surface area contributed by atoms with Crippen molar-refractivity contribution in [3.8, 4) is 0 Å². The molecule has 126 valence electrons. The van der Waals surface area contributed by atoms with Crippen LogP contribution in [0.2, 0.25) is 0 Å². The van der Waals surface area contributed by atoms with Crippen LogP contribution in [0.5, 0.6) is 0 Å². The molecule has 23 heavy (non-hydrogen) atoms. The van der Waals surface area contributed by atoms with Gasteiger partial charge in [0.1, 0.15) is 11.3 Å². The standard InChI is InChI=1S/C18H27N3O2/c1-3-9-21-11-14-5-4-6-15(12-21)18(14,23-2)13-7-8-20-16(10-13)17(19)22/h7-8,10,14-15H,3-6,9,11-12H2,1-2H3,(H2,19,22)/t14-,15+,18+. The highest BCUT2D eigenvalue weighted by atomic mass is 16.5. The molecule has 2 N–H and O–H groups in total. The third kappa shape index (κ3) is 2.76. The minimum absolute atomic E-state index is 0.310. The van der Waals surface area contributed by atoms with Crippen LogP contribution in [-0.4, -0.2) is 42.5 Å². The van der Waals surface area contributed by atoms with Gasteiger partial charge in [0, 0.05) is 38.2 Å². The van der Waals surface area contributed by atoms with E-state index in [1.807, 2.05) is 19.2 Å². The van der Waals surface area contributed by atoms with Crippen molar-refractivity contribution in [2.45, 2.75) is 38.2 Å². The molecular formula is C18H27N3O2. The summed E-state index contributed by atoms with van der Waals surface area (Å²) in [5.41, 5.74) is 6.51. The second-order valence-corrected chi connectivity index (χ2v) is 6.88. The molecular weight excluding hydrogens is 290 g/mol. The van der Waals surface area contributed by atoms with Gasteiger partial charge in [-0.2, -0.15) is 0 Å². The van der Waals surface area contributed by atoms with Crippen LogP contribution in [0.4, 0.5) is 0 Å². The fraction of sp³-hybridized carbons (Fsp3) is 0.667. The Morgan fingerprint density at radius 1 is 1.43 bits per heavy atom. The number of carbonyl (C=O) groups is 1. The quantitative estimate of drug-likeness (QED) is 0.903. The van der Waals surface area contributed by atoms with E-state index in [-0.39, 0.29) is 5.60 Å². The smallest absolute Gasteiger partial charge is 0.267 e. The molecule has 1 aliphatic heterocycles. The van der Waals surface area contributed by atoms with E-state index in [0.717, 1.165) is 25.2 Å². The van der Waals surface area contributed by atoms with Crippen LogP contribution >= 0.6 is 0 Å². The van der Waals surface area contributed by atoms with E-state index in [1.165, 1.54) is 25.7 Å². The molecule has 0 radical (unpaired) electrons. The normalized spacial score (nSPS) is 31.0. The summed E-state index contributed by atoms with van der Waals surface area (Å²) in [5.74, 6) is 0.427. The highest BCUT2D eigenvalue weighted by molar-refractivity contribution is 5.90. The molecule has 2 fully saturated rings. The molecule has 3 rings (SSSR count). The summed E-state index contributed by atoms with van der Waals surface area (Å²) < 4.78 is 6.19. The SMILES string of the molecule is CCCN1C[C@H]2CCC[C@@H](C1)[C@]2(OC)c1ccnc(C(N)=O)c1. The molecule has 3 atom stereocenters. The lowest BCUT2D eigenvalue weighted by Crippen LogP contribution is -2.59. The highest BCUT2D eigenvalue weighted by Gasteiger charge is 2.53. The number of piperidine rings is 1. The number of fused-ring (bicyclic) bond motifs is 2. The molecule has 0 spiro atoms. The summed E-state index contributed by atoms with van der Waals surface area (Å²) in [6.07, 6.45) is 6.45. The predicted octanol–water partition coefficient (Wildman–Crippen LogP) is 2.16. The highest BCUT2D eigenvalue weighted by Crippen LogP contribution is 2.51. The first-order valence-corrected chi connectivity index (χ1v) is 8.65. The molecule has 0 unspecified atom stereocenters. The molecule has 2 bridgehead atoms. The number of likely N-dealkylation sites (tertiary alicyclic amines) is 1. The van der Waals surface area contributed by atoms with Crippen LogP contribution in [0.3, 0.4) is 0 Å². The third-order valence-electron chi connectivity index (χ3n) is 5.62. The van der Waals surface area contributed by atoms with Crippen molar-refractivity contribution in [2.24, 2.45) is 17.6 Å². The molecule has 5 nitrogen and oxygen atoms in total. The number of carbonyl (C=O) groups excluding carboxylic acids is 1. The third-order valence-corrected chi connectivity index (χ3v) is 5.62. The van der Waals surface area contributed by atoms with Crippen LogP contribution < -0.4 is 5.73 Å². The van der Waals surface area contributed by atoms with Crippen molar-refractivity contribution in [1.82, 2.24) is 9.88 Å². The number of pyridine rings is 1. The zero-order valence-corrected chi connectivity index (χ0v) is 14.1. The van der Waals surface area contributed by atoms with Crippen LogP contribution in [-0.2, 0) is 10.3 Å². The number of rotatable bonds is 5. The summed E-state index contributed by atoms with van der Waals surface area (Å²) in [6, 6.07) is 3.84. The number of methoxy groups -OCH3 is 1. The largest absolute Gasteiger partial charge is 0.373 e. The number of nitrogens with zero attached hydrogens (tertiary/aromatic N) is 2. The summed E-state index contributed by atoms with van der Waals surface area (Å²) in [5, 5.41) is 0. The Labute approximate surface area is 138 Å². The Morgan fingerprint density at radius 3 is 2.70 bits per heavy atom. The fourth-order valence-corrected chi connectivity index (χ4v) is 4.75. The lowest BCUT2D eigenvalue weighted by atomic mass is 9.62. The Hall–Kier alpha value is -1.46. The topological polar surface area (TPSA) is 68.4 Å². The van der Waals surface area contributed by atoms with Gasteiger partial charge in [0.05, 0.1) is 0 Å². The number of primary amides is 1. The number of hydrogen-bond donors (Lipinski definition) is 1. The van der Waals surface area contributed by atoms with Gasteiger partial charge < -0.3 is 15.4 Å². The maximum Gasteiger partial charge on any atom is 0.267 e. The van der Waals surface area contributed by atoms with Crippen molar-refractivity contribution in [3.05, 3.63) is 29.6 Å². The van der Waals surface area contributed by atoms with E-state index in [4.69, 9.17) is 10.5 Å². The minimum atomic E-state index is -0.480. The van der Waals surface area contributed by atoms with E-state index in [2.05, 4.69) is 16.8 Å². The minimum Gasteiger partial charge on any atom is -0.373 e. The van der Waals surface area contributed by atoms with E-state index in [1.54, 1.807) is 6.20 Å². The number of aromatic nitrogens is 1. The van der Waals surface area contributed by atoms with E-state index < -0.39 is 5.91 Å². The summed E-state index contributed by atoms with van der Waals surface area (Å²) in [4.78, 5) is 18.2. The molecule has 1 saturated heterocycles. The number of ether oxygens (including phenoxy) is 1. The van der Waals surface area contributed by atoms with Crippen LogP contribution in [0.25, 0.3) is 0 Å². The van der Waals surface area contributed by atoms with Gasteiger partial charge >= 0.3 is 0 Å². The Balaban J connectivity index is 2.00. The summed E-state index contributed by atoms with van der Waals surface area (Å²) >= 11 is 0. The molecule has 1 aromatic heterocycles. The van der Waals surface area contributed by atoms with Gasteiger partial charge in [-0.3, -0.25) is 9.78 Å². The Kier molecular flexibility index (Phi) is 4.69. The first-order chi connectivity index (χ1) is 11.1. The molecule has 2 aliphatic rings. The molecule has 2 heterocycles. The monoisotopic (exact) mass is 317 g/mol. The second-order valence-electron chi connectivity index (χ2n) is 6.88. The number of nitrogens with two attached hydrogens (primary N) is 1. The van der Waals surface area contributed by atoms with Crippen molar-refractivity contribution in [3.63, 3.8) is 0 Å². The van der Waals surface area contributed by atoms with Gasteiger partial charge in [-0.1, -0.05) is 13.3 Å². The zero-order valence-electron chi connectivity index (χ0n) is 14.1. The van der Waals surface area contributed by atoms with Gasteiger partial charge in [0.15, 0.2) is 0 Å². The Bertz CT molecular complexity index is 561. The lowest BCUT2D eigenvalue weighted by Gasteiger charge is -2.55. The summed E-state index contributed by atoms with van der Waals surface area (Å²) in [7, 11) is 1.81. The lowest BCUT2D eigenvalue weighted by molar-refractivity contribution is -0.168. The van der Waals surface area contributed by atoms with Gasteiger partial charge in [0.2, 0.25) is 0 Å². The van der Waals surface area contributed by atoms with E-state index >= 15 is 0 Å². The molecule has 1 aliphatic carbocycles. The zero-order chi connectivity index (χ0) is 16.4. The number of amides is 1. The Morgan fingerprint density at radius 2 is 2.13 bits per heavy atom. The average Bonchev–Trinajstić information content (AvgIpc) is 2.54. The van der Waals surface area contributed by atoms with Crippen molar-refractivity contribution in [1.29, 1.82) is 0 Å². The predicted molar refractivity (Wildman–Crippen MR) is 89.0 cm³/mol. The van der Waals surface area contributed by atoms with E-state index in [9.17, 15) is 4.79 Å². The molecule has 1 amide bonds.